The van der Waals surface area contributed by atoms with Gasteiger partial charge in [-0.25, -0.2) is 12.8 Å². The van der Waals surface area contributed by atoms with Crippen LogP contribution < -0.4 is 19.5 Å². The van der Waals surface area contributed by atoms with Crippen LogP contribution in [0.15, 0.2) is 30.3 Å². The summed E-state index contributed by atoms with van der Waals surface area (Å²) < 4.78 is 89.0. The minimum Gasteiger partial charge on any atom is -0.485 e. The van der Waals surface area contributed by atoms with Gasteiger partial charge in [-0.15, -0.1) is 0 Å². The molecule has 1 aliphatic rings. The number of benzene rings is 2. The van der Waals surface area contributed by atoms with Crippen molar-refractivity contribution in [3.8, 4) is 11.5 Å². The Morgan fingerprint density at radius 2 is 1.88 bits per heavy atom. The van der Waals surface area contributed by atoms with Gasteiger partial charge < -0.3 is 14.8 Å². The second kappa shape index (κ2) is 8.49. The molecule has 0 saturated carbocycles. The van der Waals surface area contributed by atoms with E-state index >= 15 is 0 Å². The zero-order valence-electron chi connectivity index (χ0n) is 17.2. The second-order valence-corrected chi connectivity index (χ2v) is 9.12. The Labute approximate surface area is 181 Å². The molecular weight excluding hydrogens is 456 g/mol. The van der Waals surface area contributed by atoms with Crippen LogP contribution in [0.5, 0.6) is 11.5 Å². The van der Waals surface area contributed by atoms with Crippen LogP contribution in [0.3, 0.4) is 0 Å². The van der Waals surface area contributed by atoms with E-state index in [-0.39, 0.29) is 29.4 Å². The van der Waals surface area contributed by atoms with Crippen LogP contribution in [0, 0.1) is 12.7 Å². The number of nitrogens with one attached hydrogen (secondary N) is 2. The number of ether oxygens (including phenoxy) is 2. The molecule has 0 aliphatic carbocycles. The van der Waals surface area contributed by atoms with Crippen LogP contribution in [0.25, 0.3) is 0 Å². The van der Waals surface area contributed by atoms with E-state index in [1.165, 1.54) is 13.0 Å². The monoisotopic (exact) mass is 476 g/mol. The summed E-state index contributed by atoms with van der Waals surface area (Å²) in [6.45, 7) is 2.83. The zero-order valence-corrected chi connectivity index (χ0v) is 18.0. The minimum absolute atomic E-state index is 0.0633. The van der Waals surface area contributed by atoms with Gasteiger partial charge in [-0.05, 0) is 49.7 Å². The van der Waals surface area contributed by atoms with Crippen molar-refractivity contribution in [3.05, 3.63) is 52.8 Å². The Bertz CT molecular complexity index is 1150. The first-order chi connectivity index (χ1) is 14.7. The molecule has 0 aromatic heterocycles. The molecule has 2 aromatic rings. The first-order valence-electron chi connectivity index (χ1n) is 9.33. The van der Waals surface area contributed by atoms with Gasteiger partial charge in [0.15, 0.2) is 11.5 Å². The van der Waals surface area contributed by atoms with Gasteiger partial charge in [-0.1, -0.05) is 0 Å². The van der Waals surface area contributed by atoms with Crippen LogP contribution in [-0.4, -0.2) is 33.3 Å². The van der Waals surface area contributed by atoms with Crippen molar-refractivity contribution >= 4 is 21.6 Å². The van der Waals surface area contributed by atoms with Crippen molar-refractivity contribution < 1.29 is 40.2 Å². The summed E-state index contributed by atoms with van der Waals surface area (Å²) >= 11 is 0. The topological polar surface area (TPSA) is 93.7 Å². The number of hydrogen-bond acceptors (Lipinski definition) is 5. The molecule has 0 radical (unpaired) electrons. The fourth-order valence-electron chi connectivity index (χ4n) is 3.11. The maximum Gasteiger partial charge on any atom is 0.416 e. The van der Waals surface area contributed by atoms with E-state index in [2.05, 4.69) is 10.0 Å². The molecule has 0 unspecified atom stereocenters. The number of amides is 1. The van der Waals surface area contributed by atoms with Gasteiger partial charge in [0.1, 0.15) is 12.4 Å². The molecule has 1 amide bonds. The maximum atomic E-state index is 14.6. The molecule has 2 N–H and O–H groups in total. The number of carbonyl (C=O) groups is 1. The summed E-state index contributed by atoms with van der Waals surface area (Å²) in [5.41, 5.74) is -0.367. The number of anilines is 1. The Morgan fingerprint density at radius 1 is 1.19 bits per heavy atom. The molecule has 0 fully saturated rings. The average Bonchev–Trinajstić information content (AvgIpc) is 2.67. The number of alkyl halides is 3. The van der Waals surface area contributed by atoms with Crippen LogP contribution in [0.4, 0.5) is 23.2 Å². The minimum atomic E-state index is -4.59. The molecule has 32 heavy (non-hydrogen) atoms. The summed E-state index contributed by atoms with van der Waals surface area (Å²) in [5.74, 6) is -1.62. The SMILES string of the molecule is Cc1cc([C@@H](C)NC(=O)[C@@H]2COc3ccc(C(F)(F)F)cc3O2)c(F)cc1NS(C)(=O)=O. The number of fused-ring (bicyclic) bond motifs is 1. The lowest BCUT2D eigenvalue weighted by atomic mass is 10.0. The number of hydrogen-bond donors (Lipinski definition) is 2. The first-order valence-corrected chi connectivity index (χ1v) is 11.2. The lowest BCUT2D eigenvalue weighted by molar-refractivity contribution is -0.137. The van der Waals surface area contributed by atoms with Crippen LogP contribution >= 0.6 is 0 Å². The van der Waals surface area contributed by atoms with E-state index in [1.807, 2.05) is 0 Å². The summed E-state index contributed by atoms with van der Waals surface area (Å²) in [7, 11) is -3.61. The molecule has 12 heteroatoms. The highest BCUT2D eigenvalue weighted by atomic mass is 32.2. The molecule has 0 bridgehead atoms. The van der Waals surface area contributed by atoms with Crippen molar-refractivity contribution in [2.75, 3.05) is 17.6 Å². The van der Waals surface area contributed by atoms with Crippen molar-refractivity contribution in [1.82, 2.24) is 5.32 Å². The molecule has 1 heterocycles. The number of rotatable bonds is 5. The lowest BCUT2D eigenvalue weighted by Gasteiger charge is -2.27. The molecule has 1 aliphatic heterocycles. The van der Waals surface area contributed by atoms with Crippen molar-refractivity contribution in [1.29, 1.82) is 0 Å². The third-order valence-corrected chi connectivity index (χ3v) is 5.28. The predicted molar refractivity (Wildman–Crippen MR) is 108 cm³/mol. The largest absolute Gasteiger partial charge is 0.485 e. The summed E-state index contributed by atoms with van der Waals surface area (Å²) in [4.78, 5) is 12.6. The molecular formula is C20H20F4N2O5S. The molecule has 2 aromatic carbocycles. The standard InChI is InChI=1S/C20H20F4N2O5S/c1-10-6-13(14(21)8-15(10)26-32(3,28)29)11(2)25-19(27)18-9-30-16-5-4-12(20(22,23)24)7-17(16)31-18/h4-8,11,18,26H,9H2,1-3H3,(H,25,27)/t11-,18+/m1/s1. The molecule has 0 saturated heterocycles. The fraction of sp³-hybridized carbons (Fsp3) is 0.350. The number of sulfonamides is 1. The Kier molecular flexibility index (Phi) is 6.27. The summed E-state index contributed by atoms with van der Waals surface area (Å²) in [6, 6.07) is 4.24. The van der Waals surface area contributed by atoms with Crippen LogP contribution in [0.2, 0.25) is 0 Å². The Balaban J connectivity index is 1.73. The normalized spacial score (nSPS) is 16.9. The molecule has 7 nitrogen and oxygen atoms in total. The van der Waals surface area contributed by atoms with Gasteiger partial charge in [0, 0.05) is 5.56 Å². The van der Waals surface area contributed by atoms with Gasteiger partial charge >= 0.3 is 6.18 Å². The zero-order chi connectivity index (χ0) is 23.8. The van der Waals surface area contributed by atoms with Gasteiger partial charge in [0.25, 0.3) is 5.91 Å². The van der Waals surface area contributed by atoms with Gasteiger partial charge in [-0.3, -0.25) is 9.52 Å². The lowest BCUT2D eigenvalue weighted by Crippen LogP contribution is -2.44. The smallest absolute Gasteiger partial charge is 0.416 e. The second-order valence-electron chi connectivity index (χ2n) is 7.37. The highest BCUT2D eigenvalue weighted by molar-refractivity contribution is 7.92. The fourth-order valence-corrected chi connectivity index (χ4v) is 3.73. The highest BCUT2D eigenvalue weighted by Gasteiger charge is 2.34. The van der Waals surface area contributed by atoms with E-state index in [1.54, 1.807) is 6.92 Å². The molecule has 0 spiro atoms. The third kappa shape index (κ3) is 5.42. The van der Waals surface area contributed by atoms with E-state index < -0.39 is 45.6 Å². The van der Waals surface area contributed by atoms with Gasteiger partial charge in [0.2, 0.25) is 16.1 Å². The van der Waals surface area contributed by atoms with Crippen LogP contribution in [0.1, 0.15) is 29.7 Å². The first kappa shape index (κ1) is 23.6. The molecule has 174 valence electrons. The third-order valence-electron chi connectivity index (χ3n) is 4.69. The van der Waals surface area contributed by atoms with Gasteiger partial charge in [0.05, 0.1) is 23.5 Å². The molecule has 3 rings (SSSR count). The summed E-state index contributed by atoms with van der Waals surface area (Å²) in [6.07, 6.45) is -4.90. The van der Waals surface area contributed by atoms with Gasteiger partial charge in [-0.2, -0.15) is 13.2 Å². The Morgan fingerprint density at radius 3 is 2.50 bits per heavy atom. The number of aryl methyl sites for hydroxylation is 1. The number of halogens is 4. The number of carbonyl (C=O) groups excluding carboxylic acids is 1. The van der Waals surface area contributed by atoms with E-state index in [0.29, 0.717) is 5.56 Å². The van der Waals surface area contributed by atoms with Crippen molar-refractivity contribution in [3.63, 3.8) is 0 Å². The quantitative estimate of drug-likeness (QED) is 0.644. The van der Waals surface area contributed by atoms with E-state index in [4.69, 9.17) is 9.47 Å². The van der Waals surface area contributed by atoms with Crippen molar-refractivity contribution in [2.45, 2.75) is 32.2 Å². The van der Waals surface area contributed by atoms with E-state index in [0.717, 1.165) is 30.5 Å². The Hall–Kier alpha value is -3.02. The predicted octanol–water partition coefficient (Wildman–Crippen LogP) is 3.54. The van der Waals surface area contributed by atoms with Crippen LogP contribution in [-0.2, 0) is 21.0 Å². The maximum absolute atomic E-state index is 14.6. The molecule has 2 atom stereocenters. The average molecular weight is 476 g/mol. The highest BCUT2D eigenvalue weighted by Crippen LogP contribution is 2.38. The van der Waals surface area contributed by atoms with E-state index in [9.17, 15) is 30.8 Å². The van der Waals surface area contributed by atoms with Crippen molar-refractivity contribution in [2.24, 2.45) is 0 Å². The summed E-state index contributed by atoms with van der Waals surface area (Å²) in [5, 5.41) is 2.53.